The summed E-state index contributed by atoms with van der Waals surface area (Å²) in [7, 11) is 0. The molecule has 3 heteroatoms. The molecule has 1 heterocycles. The fraction of sp³-hybridized carbons (Fsp3) is 0.444. The van der Waals surface area contributed by atoms with Gasteiger partial charge in [0.1, 0.15) is 11.9 Å². The number of hydrogen-bond acceptors (Lipinski definition) is 2. The van der Waals surface area contributed by atoms with Crippen LogP contribution in [0, 0.1) is 11.3 Å². The fourth-order valence-corrected chi connectivity index (χ4v) is 1.13. The van der Waals surface area contributed by atoms with Crippen LogP contribution in [-0.4, -0.2) is 12.6 Å². The van der Waals surface area contributed by atoms with Gasteiger partial charge in [-0.1, -0.05) is 6.58 Å². The molecule has 1 atom stereocenters. The lowest BCUT2D eigenvalue weighted by molar-refractivity contribution is 0.421. The Hall–Kier alpha value is -1.14. The molecule has 1 saturated heterocycles. The maximum absolute atomic E-state index is 12.7. The quantitative estimate of drug-likeness (QED) is 0.500. The smallest absolute Gasteiger partial charge is 0.115 e. The van der Waals surface area contributed by atoms with Gasteiger partial charge in [0.2, 0.25) is 0 Å². The average Bonchev–Trinajstić information content (AvgIpc) is 1.83. The number of rotatable bonds is 2. The summed E-state index contributed by atoms with van der Waals surface area (Å²) in [6, 6.07) is 1.92. The van der Waals surface area contributed by atoms with Crippen molar-refractivity contribution >= 4 is 0 Å². The van der Waals surface area contributed by atoms with Crippen LogP contribution >= 0.6 is 0 Å². The number of halogens is 1. The molecular weight excluding hydrogens is 155 g/mol. The van der Waals surface area contributed by atoms with Gasteiger partial charge in [-0.25, -0.2) is 4.39 Å². The summed E-state index contributed by atoms with van der Waals surface area (Å²) < 4.78 is 12.7. The number of hydrogen-bond donors (Lipinski definition) is 1. The molecule has 1 fully saturated rings. The Labute approximate surface area is 71.4 Å². The third kappa shape index (κ3) is 1.54. The van der Waals surface area contributed by atoms with Gasteiger partial charge in [0.15, 0.2) is 0 Å². The van der Waals surface area contributed by atoms with Crippen LogP contribution in [0.5, 0.6) is 0 Å². The number of allylic oxidation sites excluding steroid dienone is 1. The SMILES string of the molecule is C=C(/C(C#N)=C(\C)F)C1CCN1. The Bertz CT molecular complexity index is 265. The molecule has 0 aromatic rings. The molecule has 0 saturated carbocycles. The first-order chi connectivity index (χ1) is 5.66. The molecular formula is C9H11FN2. The Morgan fingerprint density at radius 2 is 2.33 bits per heavy atom. The van der Waals surface area contributed by atoms with Crippen LogP contribution in [0.4, 0.5) is 4.39 Å². The summed E-state index contributed by atoms with van der Waals surface area (Å²) in [6.07, 6.45) is 0.942. The zero-order valence-corrected chi connectivity index (χ0v) is 7.02. The second-order valence-corrected chi connectivity index (χ2v) is 2.84. The summed E-state index contributed by atoms with van der Waals surface area (Å²) in [5, 5.41) is 11.7. The molecule has 12 heavy (non-hydrogen) atoms. The van der Waals surface area contributed by atoms with E-state index in [1.165, 1.54) is 6.92 Å². The van der Waals surface area contributed by atoms with Gasteiger partial charge in [-0.15, -0.1) is 0 Å². The molecule has 1 N–H and O–H groups in total. The van der Waals surface area contributed by atoms with E-state index in [0.29, 0.717) is 5.57 Å². The molecule has 1 unspecified atom stereocenters. The van der Waals surface area contributed by atoms with Crippen molar-refractivity contribution in [3.63, 3.8) is 0 Å². The highest BCUT2D eigenvalue weighted by atomic mass is 19.1. The lowest BCUT2D eigenvalue weighted by Gasteiger charge is -2.29. The summed E-state index contributed by atoms with van der Waals surface area (Å²) in [6.45, 7) is 5.89. The van der Waals surface area contributed by atoms with Crippen LogP contribution in [0.1, 0.15) is 13.3 Å². The highest BCUT2D eigenvalue weighted by Gasteiger charge is 2.23. The lowest BCUT2D eigenvalue weighted by atomic mass is 9.93. The van der Waals surface area contributed by atoms with Gasteiger partial charge in [-0.3, -0.25) is 0 Å². The van der Waals surface area contributed by atoms with Gasteiger partial charge in [0.05, 0.1) is 5.57 Å². The minimum absolute atomic E-state index is 0.0900. The Kier molecular flexibility index (Phi) is 2.61. The molecule has 1 rings (SSSR count). The third-order valence-electron chi connectivity index (χ3n) is 2.02. The van der Waals surface area contributed by atoms with Gasteiger partial charge in [-0.2, -0.15) is 5.26 Å². The van der Waals surface area contributed by atoms with Crippen molar-refractivity contribution in [1.82, 2.24) is 5.32 Å². The fourth-order valence-electron chi connectivity index (χ4n) is 1.13. The van der Waals surface area contributed by atoms with E-state index >= 15 is 0 Å². The summed E-state index contributed by atoms with van der Waals surface area (Å²) in [4.78, 5) is 0. The standard InChI is InChI=1S/C9H11FN2/c1-6(9-3-4-12-9)8(5-11)7(2)10/h9,12H,1,3-4H2,2H3/b8-7+. The predicted octanol–water partition coefficient (Wildman–Crippen LogP) is 1.67. The zero-order chi connectivity index (χ0) is 9.14. The Balaban J connectivity index is 2.75. The molecule has 1 aliphatic heterocycles. The largest absolute Gasteiger partial charge is 0.310 e. The van der Waals surface area contributed by atoms with Crippen molar-refractivity contribution in [2.24, 2.45) is 0 Å². The van der Waals surface area contributed by atoms with Gasteiger partial charge in [0, 0.05) is 6.04 Å². The summed E-state index contributed by atoms with van der Waals surface area (Å²) >= 11 is 0. The highest BCUT2D eigenvalue weighted by molar-refractivity contribution is 5.45. The van der Waals surface area contributed by atoms with E-state index in [1.807, 2.05) is 6.07 Å². The predicted molar refractivity (Wildman–Crippen MR) is 45.0 cm³/mol. The van der Waals surface area contributed by atoms with Crippen molar-refractivity contribution in [2.45, 2.75) is 19.4 Å². The van der Waals surface area contributed by atoms with Crippen molar-refractivity contribution < 1.29 is 4.39 Å². The second kappa shape index (κ2) is 3.51. The Morgan fingerprint density at radius 3 is 2.58 bits per heavy atom. The average molecular weight is 166 g/mol. The number of nitrogens with one attached hydrogen (secondary N) is 1. The maximum atomic E-state index is 12.7. The minimum atomic E-state index is -0.448. The lowest BCUT2D eigenvalue weighted by Crippen LogP contribution is -2.44. The molecule has 0 aromatic heterocycles. The van der Waals surface area contributed by atoms with Gasteiger partial charge < -0.3 is 5.32 Å². The van der Waals surface area contributed by atoms with Crippen molar-refractivity contribution in [3.8, 4) is 6.07 Å². The monoisotopic (exact) mass is 166 g/mol. The topological polar surface area (TPSA) is 35.8 Å². The van der Waals surface area contributed by atoms with Crippen molar-refractivity contribution in [1.29, 1.82) is 5.26 Å². The third-order valence-corrected chi connectivity index (χ3v) is 2.02. The van der Waals surface area contributed by atoms with Crippen LogP contribution in [-0.2, 0) is 0 Å². The van der Waals surface area contributed by atoms with E-state index in [0.717, 1.165) is 13.0 Å². The summed E-state index contributed by atoms with van der Waals surface area (Å²) in [5.74, 6) is -0.448. The number of nitrogens with zero attached hydrogens (tertiary/aromatic N) is 1. The molecule has 0 radical (unpaired) electrons. The highest BCUT2D eigenvalue weighted by Crippen LogP contribution is 2.21. The Morgan fingerprint density at radius 1 is 1.75 bits per heavy atom. The van der Waals surface area contributed by atoms with Crippen LogP contribution in [0.2, 0.25) is 0 Å². The van der Waals surface area contributed by atoms with Gasteiger partial charge in [-0.05, 0) is 25.5 Å². The summed E-state index contributed by atoms with van der Waals surface area (Å²) in [5.41, 5.74) is 0.663. The minimum Gasteiger partial charge on any atom is -0.310 e. The van der Waals surface area contributed by atoms with Crippen LogP contribution < -0.4 is 5.32 Å². The second-order valence-electron chi connectivity index (χ2n) is 2.84. The van der Waals surface area contributed by atoms with E-state index in [1.54, 1.807) is 0 Å². The van der Waals surface area contributed by atoms with Gasteiger partial charge >= 0.3 is 0 Å². The van der Waals surface area contributed by atoms with Crippen LogP contribution in [0.25, 0.3) is 0 Å². The van der Waals surface area contributed by atoms with Gasteiger partial charge in [0.25, 0.3) is 0 Å². The first-order valence-corrected chi connectivity index (χ1v) is 3.86. The molecule has 0 spiro atoms. The first kappa shape index (κ1) is 8.95. The molecule has 0 amide bonds. The normalized spacial score (nSPS) is 23.6. The molecule has 2 nitrogen and oxygen atoms in total. The van der Waals surface area contributed by atoms with E-state index in [-0.39, 0.29) is 11.6 Å². The van der Waals surface area contributed by atoms with Crippen molar-refractivity contribution in [3.05, 3.63) is 23.6 Å². The molecule has 64 valence electrons. The molecule has 1 aliphatic rings. The van der Waals surface area contributed by atoms with Crippen LogP contribution in [0.3, 0.4) is 0 Å². The maximum Gasteiger partial charge on any atom is 0.115 e. The first-order valence-electron chi connectivity index (χ1n) is 3.86. The van der Waals surface area contributed by atoms with Crippen LogP contribution in [0.15, 0.2) is 23.6 Å². The van der Waals surface area contributed by atoms with E-state index in [9.17, 15) is 4.39 Å². The van der Waals surface area contributed by atoms with Crippen molar-refractivity contribution in [2.75, 3.05) is 6.54 Å². The zero-order valence-electron chi connectivity index (χ0n) is 7.02. The van der Waals surface area contributed by atoms with E-state index < -0.39 is 5.83 Å². The van der Waals surface area contributed by atoms with E-state index in [4.69, 9.17) is 5.26 Å². The van der Waals surface area contributed by atoms with E-state index in [2.05, 4.69) is 11.9 Å². The molecule has 0 bridgehead atoms. The molecule has 0 aromatic carbocycles. The molecule has 0 aliphatic carbocycles. The number of nitriles is 1.